The molecule has 5 nitrogen and oxygen atoms in total. The van der Waals surface area contributed by atoms with E-state index in [1.54, 1.807) is 30.3 Å². The number of piperidine rings is 1. The molecule has 1 saturated heterocycles. The molecule has 1 unspecified atom stereocenters. The van der Waals surface area contributed by atoms with Crippen LogP contribution in [-0.2, 0) is 20.2 Å². The van der Waals surface area contributed by atoms with Gasteiger partial charge in [-0.3, -0.25) is 4.79 Å². The zero-order valence-corrected chi connectivity index (χ0v) is 17.5. The van der Waals surface area contributed by atoms with Crippen molar-refractivity contribution < 1.29 is 13.2 Å². The number of anilines is 1. The van der Waals surface area contributed by atoms with Crippen LogP contribution in [0.4, 0.5) is 5.69 Å². The van der Waals surface area contributed by atoms with E-state index in [1.165, 1.54) is 9.87 Å². The molecule has 0 saturated carbocycles. The Kier molecular flexibility index (Phi) is 5.91. The molecule has 2 aromatic carbocycles. The lowest BCUT2D eigenvalue weighted by Gasteiger charge is -2.31. The van der Waals surface area contributed by atoms with Crippen molar-refractivity contribution in [2.75, 3.05) is 18.4 Å². The van der Waals surface area contributed by atoms with Gasteiger partial charge in [0, 0.05) is 18.8 Å². The summed E-state index contributed by atoms with van der Waals surface area (Å²) in [5, 5.41) is 2.94. The van der Waals surface area contributed by atoms with E-state index in [0.717, 1.165) is 5.69 Å². The average molecular weight is 401 g/mol. The summed E-state index contributed by atoms with van der Waals surface area (Å²) >= 11 is 0. The van der Waals surface area contributed by atoms with Crippen molar-refractivity contribution in [2.24, 2.45) is 5.92 Å². The molecule has 0 aromatic heterocycles. The number of rotatable bonds is 4. The maximum atomic E-state index is 12.8. The molecule has 150 valence electrons. The van der Waals surface area contributed by atoms with Crippen LogP contribution in [0, 0.1) is 5.92 Å². The molecule has 3 rings (SSSR count). The molecule has 28 heavy (non-hydrogen) atoms. The second-order valence-corrected chi connectivity index (χ2v) is 10.3. The Labute approximate surface area is 167 Å². The Bertz CT molecular complexity index is 917. The van der Waals surface area contributed by atoms with Crippen molar-refractivity contribution in [2.45, 2.75) is 43.9 Å². The molecule has 1 amide bonds. The molecule has 1 atom stereocenters. The Morgan fingerprint density at radius 1 is 1.04 bits per heavy atom. The van der Waals surface area contributed by atoms with E-state index in [1.807, 2.05) is 24.3 Å². The maximum absolute atomic E-state index is 12.8. The van der Waals surface area contributed by atoms with Crippen LogP contribution >= 0.6 is 0 Å². The number of nitrogens with one attached hydrogen (secondary N) is 1. The molecule has 1 aliphatic rings. The van der Waals surface area contributed by atoms with Crippen LogP contribution in [0.1, 0.15) is 39.2 Å². The Balaban J connectivity index is 1.68. The highest BCUT2D eigenvalue weighted by atomic mass is 32.2. The first-order valence-corrected chi connectivity index (χ1v) is 11.1. The predicted molar refractivity (Wildman–Crippen MR) is 112 cm³/mol. The van der Waals surface area contributed by atoms with Gasteiger partial charge in [-0.2, -0.15) is 4.31 Å². The number of carbonyl (C=O) groups excluding carboxylic acids is 1. The standard InChI is InChI=1S/C22H28N2O3S/c1-22(2,3)18-11-13-19(14-12-18)23-21(25)17-8-7-15-24(16-17)28(26,27)20-9-5-4-6-10-20/h4-6,9-14,17H,7-8,15-16H2,1-3H3,(H,23,25). The van der Waals surface area contributed by atoms with Crippen LogP contribution in [0.15, 0.2) is 59.5 Å². The molecule has 6 heteroatoms. The number of amides is 1. The molecule has 1 fully saturated rings. The highest BCUT2D eigenvalue weighted by Crippen LogP contribution is 2.26. The van der Waals surface area contributed by atoms with Crippen molar-refractivity contribution >= 4 is 21.6 Å². The number of sulfonamides is 1. The maximum Gasteiger partial charge on any atom is 0.243 e. The van der Waals surface area contributed by atoms with Gasteiger partial charge in [0.2, 0.25) is 15.9 Å². The minimum absolute atomic E-state index is 0.0538. The van der Waals surface area contributed by atoms with Gasteiger partial charge in [-0.25, -0.2) is 8.42 Å². The third kappa shape index (κ3) is 4.62. The SMILES string of the molecule is CC(C)(C)c1ccc(NC(=O)C2CCCN(S(=O)(=O)c3ccccc3)C2)cc1. The summed E-state index contributed by atoms with van der Waals surface area (Å²) < 4.78 is 27.1. The molecular formula is C22H28N2O3S. The quantitative estimate of drug-likeness (QED) is 0.843. The fourth-order valence-corrected chi connectivity index (χ4v) is 4.96. The summed E-state index contributed by atoms with van der Waals surface area (Å²) in [7, 11) is -3.57. The fraction of sp³-hybridized carbons (Fsp3) is 0.409. The Morgan fingerprint density at radius 3 is 2.29 bits per heavy atom. The van der Waals surface area contributed by atoms with E-state index in [4.69, 9.17) is 0 Å². The summed E-state index contributed by atoms with van der Waals surface area (Å²) in [6.07, 6.45) is 1.36. The monoisotopic (exact) mass is 400 g/mol. The summed E-state index contributed by atoms with van der Waals surface area (Å²) in [4.78, 5) is 13.0. The van der Waals surface area contributed by atoms with Gasteiger partial charge in [0.25, 0.3) is 0 Å². The largest absolute Gasteiger partial charge is 0.326 e. The summed E-state index contributed by atoms with van der Waals surface area (Å²) in [6.45, 7) is 7.09. The second kappa shape index (κ2) is 8.05. The number of hydrogen-bond acceptors (Lipinski definition) is 3. The molecule has 1 aliphatic heterocycles. The van der Waals surface area contributed by atoms with Gasteiger partial charge in [0.15, 0.2) is 0 Å². The van der Waals surface area contributed by atoms with Crippen LogP contribution in [0.5, 0.6) is 0 Å². The van der Waals surface area contributed by atoms with Gasteiger partial charge < -0.3 is 5.32 Å². The lowest BCUT2D eigenvalue weighted by Crippen LogP contribution is -2.43. The van der Waals surface area contributed by atoms with E-state index < -0.39 is 10.0 Å². The van der Waals surface area contributed by atoms with E-state index in [-0.39, 0.29) is 28.7 Å². The summed E-state index contributed by atoms with van der Waals surface area (Å²) in [5.41, 5.74) is 1.99. The van der Waals surface area contributed by atoms with Gasteiger partial charge in [-0.15, -0.1) is 0 Å². The van der Waals surface area contributed by atoms with E-state index in [0.29, 0.717) is 19.4 Å². The van der Waals surface area contributed by atoms with E-state index in [9.17, 15) is 13.2 Å². The van der Waals surface area contributed by atoms with Crippen LogP contribution in [-0.4, -0.2) is 31.7 Å². The van der Waals surface area contributed by atoms with Gasteiger partial charge in [0.1, 0.15) is 0 Å². The summed E-state index contributed by atoms with van der Waals surface area (Å²) in [5.74, 6) is -0.481. The highest BCUT2D eigenvalue weighted by Gasteiger charge is 2.33. The summed E-state index contributed by atoms with van der Waals surface area (Å²) in [6, 6.07) is 16.2. The molecule has 1 N–H and O–H groups in total. The first kappa shape index (κ1) is 20.6. The number of carbonyl (C=O) groups is 1. The predicted octanol–water partition coefficient (Wildman–Crippen LogP) is 4.02. The number of benzene rings is 2. The molecule has 2 aromatic rings. The van der Waals surface area contributed by atoms with Crippen molar-refractivity contribution in [1.82, 2.24) is 4.31 Å². The smallest absolute Gasteiger partial charge is 0.243 e. The lowest BCUT2D eigenvalue weighted by atomic mass is 9.87. The van der Waals surface area contributed by atoms with E-state index >= 15 is 0 Å². The van der Waals surface area contributed by atoms with E-state index in [2.05, 4.69) is 26.1 Å². The molecule has 0 bridgehead atoms. The molecule has 0 radical (unpaired) electrons. The van der Waals surface area contributed by atoms with Crippen molar-refractivity contribution in [3.63, 3.8) is 0 Å². The Hall–Kier alpha value is -2.18. The third-order valence-electron chi connectivity index (χ3n) is 5.15. The van der Waals surface area contributed by atoms with Gasteiger partial charge in [-0.05, 0) is 48.1 Å². The first-order valence-electron chi connectivity index (χ1n) is 9.64. The normalized spacial score (nSPS) is 18.6. The molecule has 0 aliphatic carbocycles. The fourth-order valence-electron chi connectivity index (χ4n) is 3.41. The zero-order chi connectivity index (χ0) is 20.4. The molecule has 0 spiro atoms. The minimum Gasteiger partial charge on any atom is -0.326 e. The average Bonchev–Trinajstić information content (AvgIpc) is 2.68. The highest BCUT2D eigenvalue weighted by molar-refractivity contribution is 7.89. The minimum atomic E-state index is -3.57. The van der Waals surface area contributed by atoms with Crippen LogP contribution in [0.3, 0.4) is 0 Å². The zero-order valence-electron chi connectivity index (χ0n) is 16.7. The van der Waals surface area contributed by atoms with Crippen molar-refractivity contribution in [1.29, 1.82) is 0 Å². The van der Waals surface area contributed by atoms with Gasteiger partial charge in [0.05, 0.1) is 10.8 Å². The van der Waals surface area contributed by atoms with Crippen molar-refractivity contribution in [3.8, 4) is 0 Å². The molecule has 1 heterocycles. The Morgan fingerprint density at radius 2 is 1.68 bits per heavy atom. The van der Waals surface area contributed by atoms with Crippen LogP contribution < -0.4 is 5.32 Å². The van der Waals surface area contributed by atoms with Crippen LogP contribution in [0.2, 0.25) is 0 Å². The second-order valence-electron chi connectivity index (χ2n) is 8.33. The van der Waals surface area contributed by atoms with Gasteiger partial charge in [-0.1, -0.05) is 51.1 Å². The van der Waals surface area contributed by atoms with Crippen LogP contribution in [0.25, 0.3) is 0 Å². The molecular weight excluding hydrogens is 372 g/mol. The number of hydrogen-bond donors (Lipinski definition) is 1. The van der Waals surface area contributed by atoms with Crippen molar-refractivity contribution in [3.05, 3.63) is 60.2 Å². The topological polar surface area (TPSA) is 66.5 Å². The third-order valence-corrected chi connectivity index (χ3v) is 7.03. The van der Waals surface area contributed by atoms with Gasteiger partial charge >= 0.3 is 0 Å². The number of nitrogens with zero attached hydrogens (tertiary/aromatic N) is 1. The first-order chi connectivity index (χ1) is 13.2. The lowest BCUT2D eigenvalue weighted by molar-refractivity contribution is -0.120.